The van der Waals surface area contributed by atoms with Crippen LogP contribution in [0.25, 0.3) is 0 Å². The van der Waals surface area contributed by atoms with Crippen molar-refractivity contribution in [2.45, 2.75) is 4.90 Å². The summed E-state index contributed by atoms with van der Waals surface area (Å²) in [5, 5.41) is 11.8. The average molecular weight is 246 g/mol. The molecule has 2 N–H and O–H groups in total. The van der Waals surface area contributed by atoms with Gasteiger partial charge in [0.05, 0.1) is 11.3 Å². The molecule has 0 aliphatic rings. The third-order valence-corrected chi connectivity index (χ3v) is 2.57. The van der Waals surface area contributed by atoms with E-state index in [-0.39, 0.29) is 5.56 Å². The zero-order valence-corrected chi connectivity index (χ0v) is 9.69. The second kappa shape index (κ2) is 4.88. The van der Waals surface area contributed by atoms with E-state index in [2.05, 4.69) is 22.9 Å². The maximum atomic E-state index is 10.7. The molecule has 0 aliphatic carbocycles. The molecule has 0 atom stereocenters. The van der Waals surface area contributed by atoms with Gasteiger partial charge in [-0.2, -0.15) is 0 Å². The lowest BCUT2D eigenvalue weighted by atomic mass is 10.3. The number of nitrogens with zero attached hydrogens (tertiary/aromatic N) is 1. The summed E-state index contributed by atoms with van der Waals surface area (Å²) in [6.07, 6.45) is 1.31. The third-order valence-electron chi connectivity index (χ3n) is 2.18. The number of carbonyl (C=O) groups is 1. The molecule has 1 aromatic heterocycles. The van der Waals surface area contributed by atoms with Crippen molar-refractivity contribution in [2.75, 3.05) is 5.32 Å². The minimum absolute atomic E-state index is 0.162. The second-order valence-electron chi connectivity index (χ2n) is 3.38. The first-order valence-corrected chi connectivity index (χ1v) is 5.36. The summed E-state index contributed by atoms with van der Waals surface area (Å²) in [5.41, 5.74) is 0.987. The Morgan fingerprint density at radius 1 is 1.24 bits per heavy atom. The molecule has 0 unspecified atom stereocenters. The number of pyridine rings is 1. The van der Waals surface area contributed by atoms with E-state index in [4.69, 9.17) is 5.11 Å². The topological polar surface area (TPSA) is 62.2 Å². The van der Waals surface area contributed by atoms with Gasteiger partial charge in [0.1, 0.15) is 5.82 Å². The fraction of sp³-hybridized carbons (Fsp3) is 0. The highest BCUT2D eigenvalue weighted by Crippen LogP contribution is 2.22. The van der Waals surface area contributed by atoms with Gasteiger partial charge in [-0.05, 0) is 24.3 Å². The van der Waals surface area contributed by atoms with E-state index in [9.17, 15) is 4.79 Å². The first-order valence-electron chi connectivity index (χ1n) is 4.91. The SMILES string of the molecule is O=C(O)c1ccc(Nc2ccccc2S)nc1. The Kier molecular flexibility index (Phi) is 3.30. The summed E-state index contributed by atoms with van der Waals surface area (Å²) in [4.78, 5) is 15.5. The Hall–Kier alpha value is -2.01. The van der Waals surface area contributed by atoms with E-state index in [1.807, 2.05) is 24.3 Å². The Balaban J connectivity index is 2.20. The number of carboxylic acids is 1. The van der Waals surface area contributed by atoms with E-state index in [0.29, 0.717) is 5.82 Å². The lowest BCUT2D eigenvalue weighted by Gasteiger charge is -2.07. The van der Waals surface area contributed by atoms with Crippen molar-refractivity contribution in [3.8, 4) is 0 Å². The molecule has 5 heteroatoms. The number of aromatic nitrogens is 1. The van der Waals surface area contributed by atoms with Crippen LogP contribution in [-0.4, -0.2) is 16.1 Å². The minimum atomic E-state index is -0.987. The molecule has 0 spiro atoms. The van der Waals surface area contributed by atoms with Crippen molar-refractivity contribution in [3.05, 3.63) is 48.2 Å². The zero-order valence-electron chi connectivity index (χ0n) is 8.79. The maximum Gasteiger partial charge on any atom is 0.337 e. The monoisotopic (exact) mass is 246 g/mol. The van der Waals surface area contributed by atoms with Crippen LogP contribution in [0, 0.1) is 0 Å². The summed E-state index contributed by atoms with van der Waals surface area (Å²) in [6.45, 7) is 0. The number of para-hydroxylation sites is 1. The molecular formula is C12H10N2O2S. The largest absolute Gasteiger partial charge is 0.478 e. The van der Waals surface area contributed by atoms with Crippen LogP contribution in [0.3, 0.4) is 0 Å². The van der Waals surface area contributed by atoms with Gasteiger partial charge in [-0.15, -0.1) is 12.6 Å². The van der Waals surface area contributed by atoms with Crippen LogP contribution in [0.15, 0.2) is 47.5 Å². The normalized spacial score (nSPS) is 9.94. The average Bonchev–Trinajstić information content (AvgIpc) is 2.33. The smallest absolute Gasteiger partial charge is 0.337 e. The lowest BCUT2D eigenvalue weighted by molar-refractivity contribution is 0.0696. The number of thiol groups is 1. The molecule has 1 heterocycles. The number of benzene rings is 1. The van der Waals surface area contributed by atoms with Crippen LogP contribution in [-0.2, 0) is 0 Å². The van der Waals surface area contributed by atoms with Gasteiger partial charge in [-0.25, -0.2) is 9.78 Å². The van der Waals surface area contributed by atoms with Crippen LogP contribution in [0.2, 0.25) is 0 Å². The van der Waals surface area contributed by atoms with Gasteiger partial charge in [0.25, 0.3) is 0 Å². The van der Waals surface area contributed by atoms with Crippen molar-refractivity contribution in [1.29, 1.82) is 0 Å². The predicted molar refractivity (Wildman–Crippen MR) is 68.2 cm³/mol. The fourth-order valence-electron chi connectivity index (χ4n) is 1.31. The van der Waals surface area contributed by atoms with Crippen molar-refractivity contribution in [2.24, 2.45) is 0 Å². The van der Waals surface area contributed by atoms with Gasteiger partial charge in [-0.3, -0.25) is 0 Å². The van der Waals surface area contributed by atoms with Crippen LogP contribution in [0.5, 0.6) is 0 Å². The highest BCUT2D eigenvalue weighted by molar-refractivity contribution is 7.80. The summed E-state index contributed by atoms with van der Waals surface area (Å²) in [6, 6.07) is 10.6. The van der Waals surface area contributed by atoms with Gasteiger partial charge in [-0.1, -0.05) is 12.1 Å². The number of carboxylic acid groups (broad SMARTS) is 1. The molecular weight excluding hydrogens is 236 g/mol. The fourth-order valence-corrected chi connectivity index (χ4v) is 1.53. The Labute approximate surface area is 104 Å². The number of rotatable bonds is 3. The molecule has 0 saturated heterocycles. The van der Waals surface area contributed by atoms with Crippen LogP contribution < -0.4 is 5.32 Å². The van der Waals surface area contributed by atoms with Crippen molar-refractivity contribution < 1.29 is 9.90 Å². The van der Waals surface area contributed by atoms with E-state index < -0.39 is 5.97 Å². The molecule has 0 bridgehead atoms. The molecule has 2 aromatic rings. The molecule has 0 saturated carbocycles. The third kappa shape index (κ3) is 2.76. The first kappa shape index (κ1) is 11.5. The zero-order chi connectivity index (χ0) is 12.3. The predicted octanol–water partition coefficient (Wildman–Crippen LogP) is 2.81. The van der Waals surface area contributed by atoms with Crippen LogP contribution in [0.4, 0.5) is 11.5 Å². The van der Waals surface area contributed by atoms with E-state index in [1.54, 1.807) is 6.07 Å². The van der Waals surface area contributed by atoms with E-state index in [0.717, 1.165) is 10.6 Å². The molecule has 17 heavy (non-hydrogen) atoms. The van der Waals surface area contributed by atoms with Gasteiger partial charge < -0.3 is 10.4 Å². The molecule has 2 rings (SSSR count). The molecule has 86 valence electrons. The Morgan fingerprint density at radius 2 is 2.00 bits per heavy atom. The molecule has 0 aliphatic heterocycles. The highest BCUT2D eigenvalue weighted by atomic mass is 32.1. The van der Waals surface area contributed by atoms with Gasteiger partial charge in [0.15, 0.2) is 0 Å². The number of hydrogen-bond donors (Lipinski definition) is 3. The van der Waals surface area contributed by atoms with Crippen molar-refractivity contribution >= 4 is 30.1 Å². The minimum Gasteiger partial charge on any atom is -0.478 e. The van der Waals surface area contributed by atoms with E-state index in [1.165, 1.54) is 12.3 Å². The standard InChI is InChI=1S/C12H10N2O2S/c15-12(16)8-5-6-11(13-7-8)14-9-3-1-2-4-10(9)17/h1-7,17H,(H,13,14)(H,15,16). The van der Waals surface area contributed by atoms with Crippen molar-refractivity contribution in [1.82, 2.24) is 4.98 Å². The Morgan fingerprint density at radius 3 is 2.59 bits per heavy atom. The molecule has 0 radical (unpaired) electrons. The molecule has 1 aromatic carbocycles. The summed E-state index contributed by atoms with van der Waals surface area (Å²) in [5.74, 6) is -0.407. The summed E-state index contributed by atoms with van der Waals surface area (Å²) >= 11 is 4.30. The van der Waals surface area contributed by atoms with Gasteiger partial charge >= 0.3 is 5.97 Å². The lowest BCUT2D eigenvalue weighted by Crippen LogP contribution is -1.99. The van der Waals surface area contributed by atoms with Crippen molar-refractivity contribution in [3.63, 3.8) is 0 Å². The van der Waals surface area contributed by atoms with Crippen LogP contribution in [0.1, 0.15) is 10.4 Å². The molecule has 4 nitrogen and oxygen atoms in total. The number of aromatic carboxylic acids is 1. The van der Waals surface area contributed by atoms with Gasteiger partial charge in [0.2, 0.25) is 0 Å². The second-order valence-corrected chi connectivity index (χ2v) is 3.86. The quantitative estimate of drug-likeness (QED) is 0.729. The highest BCUT2D eigenvalue weighted by Gasteiger charge is 2.03. The number of hydrogen-bond acceptors (Lipinski definition) is 4. The molecule has 0 amide bonds. The summed E-state index contributed by atoms with van der Waals surface area (Å²) in [7, 11) is 0. The molecule has 0 fully saturated rings. The van der Waals surface area contributed by atoms with Crippen LogP contribution >= 0.6 is 12.6 Å². The summed E-state index contributed by atoms with van der Waals surface area (Å²) < 4.78 is 0. The maximum absolute atomic E-state index is 10.7. The van der Waals surface area contributed by atoms with E-state index >= 15 is 0 Å². The first-order chi connectivity index (χ1) is 8.16. The van der Waals surface area contributed by atoms with Gasteiger partial charge in [0, 0.05) is 11.1 Å². The Bertz CT molecular complexity index is 540. The number of anilines is 2. The number of nitrogens with one attached hydrogen (secondary N) is 1.